The number of nitrogens with zero attached hydrogens (tertiary/aromatic N) is 2. The zero-order valence-corrected chi connectivity index (χ0v) is 15.7. The van der Waals surface area contributed by atoms with E-state index in [4.69, 9.17) is 23.2 Å². The predicted octanol–water partition coefficient (Wildman–Crippen LogP) is 5.40. The molecule has 0 atom stereocenters. The lowest BCUT2D eigenvalue weighted by molar-refractivity contribution is 0.102. The van der Waals surface area contributed by atoms with Crippen molar-refractivity contribution < 1.29 is 4.79 Å². The molecule has 0 fully saturated rings. The Kier molecular flexibility index (Phi) is 5.40. The minimum atomic E-state index is -0.343. The molecule has 0 saturated heterocycles. The van der Waals surface area contributed by atoms with Crippen LogP contribution in [0, 0.1) is 13.8 Å². The van der Waals surface area contributed by atoms with Crippen LogP contribution in [0.15, 0.2) is 48.5 Å². The third-order valence-electron chi connectivity index (χ3n) is 3.60. The molecule has 7 heteroatoms. The van der Waals surface area contributed by atoms with Gasteiger partial charge in [0.25, 0.3) is 5.91 Å². The van der Waals surface area contributed by atoms with Crippen molar-refractivity contribution in [1.29, 1.82) is 0 Å². The van der Waals surface area contributed by atoms with Gasteiger partial charge in [0, 0.05) is 27.1 Å². The first-order valence-electron chi connectivity index (χ1n) is 7.86. The van der Waals surface area contributed by atoms with Gasteiger partial charge >= 0.3 is 0 Å². The topological polar surface area (TPSA) is 66.9 Å². The van der Waals surface area contributed by atoms with E-state index in [0.29, 0.717) is 27.4 Å². The van der Waals surface area contributed by atoms with Crippen molar-refractivity contribution in [2.45, 2.75) is 13.8 Å². The molecule has 3 rings (SSSR count). The average molecular weight is 387 g/mol. The summed E-state index contributed by atoms with van der Waals surface area (Å²) in [5.41, 5.74) is 3.19. The van der Waals surface area contributed by atoms with Gasteiger partial charge in [0.05, 0.1) is 0 Å². The number of carbonyl (C=O) groups is 1. The fourth-order valence-electron chi connectivity index (χ4n) is 2.30. The standard InChI is InChI=1S/C19H16Cl2N4O/c1-11-6-7-15(10-16(11)21)23-18(26)17-8-12(2)22-19(25-17)24-14-5-3-4-13(20)9-14/h3-10H,1-2H3,(H,23,26)(H,22,24,25). The van der Waals surface area contributed by atoms with Crippen molar-refractivity contribution in [3.05, 3.63) is 75.5 Å². The summed E-state index contributed by atoms with van der Waals surface area (Å²) in [7, 11) is 0. The molecule has 2 aromatic carbocycles. The fraction of sp³-hybridized carbons (Fsp3) is 0.105. The number of aromatic nitrogens is 2. The van der Waals surface area contributed by atoms with Crippen LogP contribution in [0.3, 0.4) is 0 Å². The Morgan fingerprint density at radius 3 is 2.50 bits per heavy atom. The van der Waals surface area contributed by atoms with Gasteiger partial charge in [-0.3, -0.25) is 4.79 Å². The number of hydrogen-bond donors (Lipinski definition) is 2. The number of rotatable bonds is 4. The SMILES string of the molecule is Cc1cc(C(=O)Nc2ccc(C)c(Cl)c2)nc(Nc2cccc(Cl)c2)n1. The summed E-state index contributed by atoms with van der Waals surface area (Å²) in [6.07, 6.45) is 0. The number of nitrogens with one attached hydrogen (secondary N) is 2. The van der Waals surface area contributed by atoms with Crippen molar-refractivity contribution in [3.63, 3.8) is 0 Å². The van der Waals surface area contributed by atoms with E-state index in [0.717, 1.165) is 11.3 Å². The van der Waals surface area contributed by atoms with Crippen LogP contribution in [0.1, 0.15) is 21.7 Å². The van der Waals surface area contributed by atoms with Gasteiger partial charge in [-0.25, -0.2) is 9.97 Å². The zero-order chi connectivity index (χ0) is 18.7. The first-order chi connectivity index (χ1) is 12.4. The van der Waals surface area contributed by atoms with E-state index in [2.05, 4.69) is 20.6 Å². The van der Waals surface area contributed by atoms with E-state index < -0.39 is 0 Å². The monoisotopic (exact) mass is 386 g/mol. The normalized spacial score (nSPS) is 10.5. The summed E-state index contributed by atoms with van der Waals surface area (Å²) in [6, 6.07) is 14.1. The van der Waals surface area contributed by atoms with Crippen LogP contribution in [0.25, 0.3) is 0 Å². The van der Waals surface area contributed by atoms with Crippen LogP contribution in [-0.2, 0) is 0 Å². The van der Waals surface area contributed by atoms with E-state index >= 15 is 0 Å². The molecule has 0 unspecified atom stereocenters. The molecule has 26 heavy (non-hydrogen) atoms. The number of halogens is 2. The van der Waals surface area contributed by atoms with Gasteiger partial charge in [0.15, 0.2) is 0 Å². The van der Waals surface area contributed by atoms with Crippen molar-refractivity contribution in [1.82, 2.24) is 9.97 Å². The molecule has 0 radical (unpaired) electrons. The largest absolute Gasteiger partial charge is 0.324 e. The maximum absolute atomic E-state index is 12.5. The van der Waals surface area contributed by atoms with E-state index in [1.54, 1.807) is 37.3 Å². The summed E-state index contributed by atoms with van der Waals surface area (Å²) in [5.74, 6) is -0.0241. The molecule has 2 N–H and O–H groups in total. The Morgan fingerprint density at radius 1 is 0.962 bits per heavy atom. The van der Waals surface area contributed by atoms with Gasteiger partial charge in [-0.05, 0) is 55.8 Å². The Hall–Kier alpha value is -2.63. The highest BCUT2D eigenvalue weighted by atomic mass is 35.5. The highest BCUT2D eigenvalue weighted by molar-refractivity contribution is 6.31. The number of benzene rings is 2. The van der Waals surface area contributed by atoms with Crippen molar-refractivity contribution >= 4 is 46.4 Å². The molecule has 3 aromatic rings. The first-order valence-corrected chi connectivity index (χ1v) is 8.62. The maximum atomic E-state index is 12.5. The van der Waals surface area contributed by atoms with Gasteiger partial charge in [-0.1, -0.05) is 35.3 Å². The molecular weight excluding hydrogens is 371 g/mol. The number of anilines is 3. The van der Waals surface area contributed by atoms with Gasteiger partial charge in [0.1, 0.15) is 5.69 Å². The van der Waals surface area contributed by atoms with Crippen LogP contribution in [0.4, 0.5) is 17.3 Å². The zero-order valence-electron chi connectivity index (χ0n) is 14.2. The lowest BCUT2D eigenvalue weighted by Crippen LogP contribution is -2.15. The van der Waals surface area contributed by atoms with Crippen LogP contribution in [-0.4, -0.2) is 15.9 Å². The molecule has 5 nitrogen and oxygen atoms in total. The second kappa shape index (κ2) is 7.72. The Labute approximate surface area is 161 Å². The van der Waals surface area contributed by atoms with Crippen LogP contribution in [0.2, 0.25) is 10.0 Å². The summed E-state index contributed by atoms with van der Waals surface area (Å²) in [5, 5.41) is 7.03. The lowest BCUT2D eigenvalue weighted by Gasteiger charge is -2.10. The average Bonchev–Trinajstić information content (AvgIpc) is 2.57. The minimum absolute atomic E-state index is 0.249. The molecule has 0 saturated carbocycles. The van der Waals surface area contributed by atoms with E-state index in [1.165, 1.54) is 0 Å². The molecule has 1 amide bonds. The van der Waals surface area contributed by atoms with Gasteiger partial charge in [0.2, 0.25) is 5.95 Å². The molecule has 0 aliphatic rings. The van der Waals surface area contributed by atoms with Crippen LogP contribution < -0.4 is 10.6 Å². The van der Waals surface area contributed by atoms with Crippen LogP contribution in [0.5, 0.6) is 0 Å². The highest BCUT2D eigenvalue weighted by Gasteiger charge is 2.12. The Bertz CT molecular complexity index is 976. The van der Waals surface area contributed by atoms with E-state index in [-0.39, 0.29) is 11.6 Å². The second-order valence-corrected chi connectivity index (χ2v) is 6.62. The molecule has 0 aliphatic heterocycles. The minimum Gasteiger partial charge on any atom is -0.324 e. The Balaban J connectivity index is 1.82. The quantitative estimate of drug-likeness (QED) is 0.629. The highest BCUT2D eigenvalue weighted by Crippen LogP contribution is 2.21. The smallest absolute Gasteiger partial charge is 0.274 e. The summed E-state index contributed by atoms with van der Waals surface area (Å²) in [6.45, 7) is 3.69. The molecule has 1 heterocycles. The number of amides is 1. The fourth-order valence-corrected chi connectivity index (χ4v) is 2.67. The molecule has 132 valence electrons. The van der Waals surface area contributed by atoms with E-state index in [9.17, 15) is 4.79 Å². The molecular formula is C19H16Cl2N4O. The number of carbonyl (C=O) groups excluding carboxylic acids is 1. The van der Waals surface area contributed by atoms with Crippen molar-refractivity contribution in [3.8, 4) is 0 Å². The third-order valence-corrected chi connectivity index (χ3v) is 4.24. The molecule has 1 aromatic heterocycles. The van der Waals surface area contributed by atoms with Crippen molar-refractivity contribution in [2.24, 2.45) is 0 Å². The van der Waals surface area contributed by atoms with E-state index in [1.807, 2.05) is 25.1 Å². The first kappa shape index (κ1) is 18.2. The molecule has 0 spiro atoms. The molecule has 0 aliphatic carbocycles. The lowest BCUT2D eigenvalue weighted by atomic mass is 10.2. The predicted molar refractivity (Wildman–Crippen MR) is 106 cm³/mol. The van der Waals surface area contributed by atoms with Crippen LogP contribution >= 0.6 is 23.2 Å². The number of aryl methyl sites for hydroxylation is 2. The van der Waals surface area contributed by atoms with Crippen molar-refractivity contribution in [2.75, 3.05) is 10.6 Å². The second-order valence-electron chi connectivity index (χ2n) is 5.77. The van der Waals surface area contributed by atoms with Gasteiger partial charge in [-0.2, -0.15) is 0 Å². The van der Waals surface area contributed by atoms with Gasteiger partial charge < -0.3 is 10.6 Å². The summed E-state index contributed by atoms with van der Waals surface area (Å²) in [4.78, 5) is 21.1. The van der Waals surface area contributed by atoms with Gasteiger partial charge in [-0.15, -0.1) is 0 Å². The third kappa shape index (κ3) is 4.50. The molecule has 0 bridgehead atoms. The summed E-state index contributed by atoms with van der Waals surface area (Å²) < 4.78 is 0. The Morgan fingerprint density at radius 2 is 1.77 bits per heavy atom. The maximum Gasteiger partial charge on any atom is 0.274 e. The number of hydrogen-bond acceptors (Lipinski definition) is 4. The summed E-state index contributed by atoms with van der Waals surface area (Å²) >= 11 is 12.1.